The van der Waals surface area contributed by atoms with E-state index in [2.05, 4.69) is 5.32 Å². The Kier molecular flexibility index (Phi) is 4.27. The van der Waals surface area contributed by atoms with E-state index in [1.807, 2.05) is 18.2 Å². The normalized spacial score (nSPS) is 22.1. The van der Waals surface area contributed by atoms with Crippen molar-refractivity contribution in [2.24, 2.45) is 0 Å². The van der Waals surface area contributed by atoms with Gasteiger partial charge < -0.3 is 14.8 Å². The first-order chi connectivity index (χ1) is 14.5. The van der Waals surface area contributed by atoms with Gasteiger partial charge in [0.1, 0.15) is 18.8 Å². The lowest BCUT2D eigenvalue weighted by atomic mass is 9.89. The monoisotopic (exact) mass is 406 g/mol. The number of ketones is 1. The molecule has 1 aliphatic carbocycles. The van der Waals surface area contributed by atoms with Gasteiger partial charge in [0.15, 0.2) is 17.3 Å². The maximum absolute atomic E-state index is 13.2. The second kappa shape index (κ2) is 6.86. The van der Waals surface area contributed by atoms with Crippen LogP contribution in [-0.2, 0) is 23.2 Å². The number of carbonyl (C=O) groups is 3. The molecule has 2 heterocycles. The summed E-state index contributed by atoms with van der Waals surface area (Å²) in [5, 5.41) is 2.78. The SMILES string of the molecule is C[C@@]1(c2ccc3c(c2)CCC3)NC(=O)N(CC(=O)c2ccc3c(c2)OCCO3)C1=O. The molecule has 5 rings (SSSR count). The van der Waals surface area contributed by atoms with Crippen LogP contribution in [0, 0.1) is 0 Å². The van der Waals surface area contributed by atoms with E-state index in [4.69, 9.17) is 9.47 Å². The fourth-order valence-corrected chi connectivity index (χ4v) is 4.37. The van der Waals surface area contributed by atoms with Crippen LogP contribution in [0.5, 0.6) is 11.5 Å². The zero-order chi connectivity index (χ0) is 20.9. The number of rotatable bonds is 4. The molecule has 30 heavy (non-hydrogen) atoms. The summed E-state index contributed by atoms with van der Waals surface area (Å²) in [6, 6.07) is 10.3. The van der Waals surface area contributed by atoms with Crippen molar-refractivity contribution in [2.45, 2.75) is 31.7 Å². The highest BCUT2D eigenvalue weighted by atomic mass is 16.6. The van der Waals surface area contributed by atoms with E-state index in [0.717, 1.165) is 29.7 Å². The lowest BCUT2D eigenvalue weighted by Crippen LogP contribution is -2.41. The van der Waals surface area contributed by atoms with Gasteiger partial charge >= 0.3 is 6.03 Å². The number of benzene rings is 2. The Morgan fingerprint density at radius 3 is 2.63 bits per heavy atom. The lowest BCUT2D eigenvalue weighted by molar-refractivity contribution is -0.130. The molecule has 1 saturated heterocycles. The van der Waals surface area contributed by atoms with Crippen molar-refractivity contribution in [2.75, 3.05) is 19.8 Å². The molecule has 3 amide bonds. The first-order valence-electron chi connectivity index (χ1n) is 10.1. The Balaban J connectivity index is 1.37. The fraction of sp³-hybridized carbons (Fsp3) is 0.348. The Bertz CT molecular complexity index is 1080. The van der Waals surface area contributed by atoms with E-state index in [9.17, 15) is 14.4 Å². The van der Waals surface area contributed by atoms with Crippen LogP contribution in [0.4, 0.5) is 4.79 Å². The smallest absolute Gasteiger partial charge is 0.325 e. The number of nitrogens with one attached hydrogen (secondary N) is 1. The second-order valence-corrected chi connectivity index (χ2v) is 8.07. The molecular weight excluding hydrogens is 384 g/mol. The van der Waals surface area contributed by atoms with Crippen molar-refractivity contribution in [3.63, 3.8) is 0 Å². The number of fused-ring (bicyclic) bond motifs is 2. The predicted molar refractivity (Wildman–Crippen MR) is 108 cm³/mol. The third-order valence-electron chi connectivity index (χ3n) is 6.12. The minimum atomic E-state index is -1.18. The number of hydrogen-bond acceptors (Lipinski definition) is 5. The second-order valence-electron chi connectivity index (χ2n) is 8.07. The number of urea groups is 1. The van der Waals surface area contributed by atoms with Gasteiger partial charge in [0, 0.05) is 5.56 Å². The molecule has 0 bridgehead atoms. The van der Waals surface area contributed by atoms with E-state index < -0.39 is 17.5 Å². The van der Waals surface area contributed by atoms with Crippen LogP contribution in [-0.4, -0.2) is 42.4 Å². The molecule has 1 fully saturated rings. The molecule has 1 N–H and O–H groups in total. The van der Waals surface area contributed by atoms with Gasteiger partial charge in [0.25, 0.3) is 5.91 Å². The van der Waals surface area contributed by atoms with Crippen LogP contribution in [0.2, 0.25) is 0 Å². The maximum atomic E-state index is 13.2. The van der Waals surface area contributed by atoms with Crippen LogP contribution in [0.1, 0.15) is 40.4 Å². The molecule has 2 aromatic rings. The zero-order valence-corrected chi connectivity index (χ0v) is 16.7. The van der Waals surface area contributed by atoms with Crippen molar-refractivity contribution < 1.29 is 23.9 Å². The number of nitrogens with zero attached hydrogens (tertiary/aromatic N) is 1. The van der Waals surface area contributed by atoms with Crippen LogP contribution >= 0.6 is 0 Å². The highest BCUT2D eigenvalue weighted by molar-refractivity contribution is 6.11. The van der Waals surface area contributed by atoms with Gasteiger partial charge in [0.2, 0.25) is 0 Å². The van der Waals surface area contributed by atoms with E-state index >= 15 is 0 Å². The summed E-state index contributed by atoms with van der Waals surface area (Å²) in [7, 11) is 0. The number of aryl methyl sites for hydroxylation is 2. The largest absolute Gasteiger partial charge is 0.486 e. The average Bonchev–Trinajstić information content (AvgIpc) is 3.31. The molecule has 0 aromatic heterocycles. The van der Waals surface area contributed by atoms with Gasteiger partial charge in [-0.1, -0.05) is 18.2 Å². The van der Waals surface area contributed by atoms with Gasteiger partial charge in [-0.25, -0.2) is 4.79 Å². The molecule has 7 nitrogen and oxygen atoms in total. The van der Waals surface area contributed by atoms with Crippen LogP contribution in [0.25, 0.3) is 0 Å². The van der Waals surface area contributed by atoms with Gasteiger partial charge in [-0.2, -0.15) is 0 Å². The summed E-state index contributed by atoms with van der Waals surface area (Å²) in [5.41, 5.74) is 2.45. The standard InChI is InChI=1S/C23H22N2O5/c1-23(17-7-5-14-3-2-4-15(14)11-17)21(27)25(22(28)24-23)13-18(26)16-6-8-19-20(12-16)30-10-9-29-19/h5-8,11-12H,2-4,9-10,13H2,1H3,(H,24,28)/t23-/m0/s1. The Morgan fingerprint density at radius 1 is 1.03 bits per heavy atom. The Hall–Kier alpha value is -3.35. The zero-order valence-electron chi connectivity index (χ0n) is 16.7. The highest BCUT2D eigenvalue weighted by Crippen LogP contribution is 2.34. The maximum Gasteiger partial charge on any atom is 0.325 e. The summed E-state index contributed by atoms with van der Waals surface area (Å²) in [4.78, 5) is 39.6. The van der Waals surface area contributed by atoms with Crippen molar-refractivity contribution in [1.82, 2.24) is 10.2 Å². The molecule has 2 aliphatic heterocycles. The highest BCUT2D eigenvalue weighted by Gasteiger charge is 2.49. The number of amides is 3. The molecular formula is C23H22N2O5. The molecule has 7 heteroatoms. The molecule has 0 radical (unpaired) electrons. The fourth-order valence-electron chi connectivity index (χ4n) is 4.37. The number of hydrogen-bond donors (Lipinski definition) is 1. The summed E-state index contributed by atoms with van der Waals surface area (Å²) in [6.45, 7) is 2.24. The molecule has 0 unspecified atom stereocenters. The lowest BCUT2D eigenvalue weighted by Gasteiger charge is -2.23. The van der Waals surface area contributed by atoms with Gasteiger partial charge in [-0.3, -0.25) is 14.5 Å². The number of carbonyl (C=O) groups excluding carboxylic acids is 3. The Labute approximate surface area is 174 Å². The van der Waals surface area contributed by atoms with Crippen molar-refractivity contribution in [3.05, 3.63) is 58.7 Å². The first-order valence-corrected chi connectivity index (χ1v) is 10.1. The topological polar surface area (TPSA) is 84.9 Å². The van der Waals surface area contributed by atoms with Crippen LogP contribution in [0.3, 0.4) is 0 Å². The van der Waals surface area contributed by atoms with Gasteiger partial charge in [0.05, 0.1) is 6.54 Å². The van der Waals surface area contributed by atoms with Gasteiger partial charge in [-0.15, -0.1) is 0 Å². The molecule has 0 spiro atoms. The minimum absolute atomic E-state index is 0.329. The van der Waals surface area contributed by atoms with E-state index in [1.54, 1.807) is 25.1 Å². The Morgan fingerprint density at radius 2 is 1.80 bits per heavy atom. The molecule has 154 valence electrons. The third kappa shape index (κ3) is 2.93. The van der Waals surface area contributed by atoms with E-state index in [0.29, 0.717) is 30.3 Å². The molecule has 0 saturated carbocycles. The summed E-state index contributed by atoms with van der Waals surface area (Å²) in [6.07, 6.45) is 3.13. The van der Waals surface area contributed by atoms with E-state index in [-0.39, 0.29) is 12.3 Å². The number of Topliss-reactive ketones (excluding diaryl/α,β-unsaturated/α-hetero) is 1. The average molecular weight is 406 g/mol. The minimum Gasteiger partial charge on any atom is -0.486 e. The van der Waals surface area contributed by atoms with Crippen molar-refractivity contribution in [3.8, 4) is 11.5 Å². The summed E-state index contributed by atoms with van der Waals surface area (Å²) < 4.78 is 11.0. The molecule has 2 aromatic carbocycles. The molecule has 3 aliphatic rings. The molecule has 1 atom stereocenters. The van der Waals surface area contributed by atoms with Gasteiger partial charge in [-0.05, 0) is 61.1 Å². The number of ether oxygens (including phenoxy) is 2. The van der Waals surface area contributed by atoms with Crippen LogP contribution < -0.4 is 14.8 Å². The number of imide groups is 1. The third-order valence-corrected chi connectivity index (χ3v) is 6.12. The van der Waals surface area contributed by atoms with E-state index in [1.165, 1.54) is 11.1 Å². The summed E-state index contributed by atoms with van der Waals surface area (Å²) in [5.74, 6) is 0.314. The summed E-state index contributed by atoms with van der Waals surface area (Å²) >= 11 is 0. The first kappa shape index (κ1) is 18.7. The van der Waals surface area contributed by atoms with Crippen molar-refractivity contribution in [1.29, 1.82) is 0 Å². The quantitative estimate of drug-likeness (QED) is 0.623. The van der Waals surface area contributed by atoms with Crippen molar-refractivity contribution >= 4 is 17.7 Å². The van der Waals surface area contributed by atoms with Crippen LogP contribution in [0.15, 0.2) is 36.4 Å². The predicted octanol–water partition coefficient (Wildman–Crippen LogP) is 2.60.